The molecule has 1 aliphatic rings. The Hall–Kier alpha value is -2.07. The van der Waals surface area contributed by atoms with Gasteiger partial charge < -0.3 is 15.4 Å². The van der Waals surface area contributed by atoms with Gasteiger partial charge in [0.25, 0.3) is 0 Å². The molecule has 4 heteroatoms. The predicted octanol–water partition coefficient (Wildman–Crippen LogP) is 1.69. The third kappa shape index (κ3) is 2.12. The van der Waals surface area contributed by atoms with Gasteiger partial charge in [-0.1, -0.05) is 24.3 Å². The molecular formula is C16H18N2O2. The Labute approximate surface area is 117 Å². The molecule has 104 valence electrons. The molecule has 0 fully saturated rings. The Bertz CT molecular complexity index is 685. The molecule has 0 radical (unpaired) electrons. The van der Waals surface area contributed by atoms with E-state index in [1.54, 1.807) is 0 Å². The molecule has 4 nitrogen and oxygen atoms in total. The van der Waals surface area contributed by atoms with Crippen molar-refractivity contribution >= 4 is 22.9 Å². The van der Waals surface area contributed by atoms with E-state index >= 15 is 0 Å². The van der Waals surface area contributed by atoms with Crippen LogP contribution < -0.4 is 5.73 Å². The molecule has 2 heterocycles. The van der Waals surface area contributed by atoms with Crippen LogP contribution in [0.15, 0.2) is 30.3 Å². The second kappa shape index (κ2) is 5.13. The molecule has 1 aromatic heterocycles. The molecule has 1 atom stereocenters. The zero-order valence-electron chi connectivity index (χ0n) is 11.2. The molecule has 1 aliphatic heterocycles. The number of nitrogens with zero attached hydrogens (tertiary/aromatic N) is 1. The van der Waals surface area contributed by atoms with Crippen molar-refractivity contribution in [3.63, 3.8) is 0 Å². The average Bonchev–Trinajstić information content (AvgIpc) is 2.62. The Morgan fingerprint density at radius 1 is 1.40 bits per heavy atom. The van der Waals surface area contributed by atoms with E-state index in [2.05, 4.69) is 16.7 Å². The van der Waals surface area contributed by atoms with Crippen LogP contribution in [0, 0.1) is 5.92 Å². The van der Waals surface area contributed by atoms with Crippen molar-refractivity contribution in [2.45, 2.75) is 19.4 Å². The van der Waals surface area contributed by atoms with E-state index in [9.17, 15) is 9.90 Å². The first-order chi connectivity index (χ1) is 9.70. The van der Waals surface area contributed by atoms with Gasteiger partial charge in [0.15, 0.2) is 0 Å². The summed E-state index contributed by atoms with van der Waals surface area (Å²) in [5.74, 6) is -0.106. The number of carbonyl (C=O) groups is 1. The summed E-state index contributed by atoms with van der Waals surface area (Å²) in [6.07, 6.45) is 5.22. The number of primary amides is 1. The van der Waals surface area contributed by atoms with E-state index in [1.807, 2.05) is 24.3 Å². The van der Waals surface area contributed by atoms with E-state index in [4.69, 9.17) is 5.73 Å². The molecule has 1 unspecified atom stereocenters. The molecule has 20 heavy (non-hydrogen) atoms. The van der Waals surface area contributed by atoms with Gasteiger partial charge in [-0.05, 0) is 24.1 Å². The minimum Gasteiger partial charge on any atom is -0.396 e. The maximum absolute atomic E-state index is 11.4. The van der Waals surface area contributed by atoms with Crippen LogP contribution in [0.1, 0.15) is 17.7 Å². The predicted molar refractivity (Wildman–Crippen MR) is 79.1 cm³/mol. The molecule has 0 spiro atoms. The highest BCUT2D eigenvalue weighted by Crippen LogP contribution is 2.31. The fourth-order valence-corrected chi connectivity index (χ4v) is 2.98. The van der Waals surface area contributed by atoms with Crippen molar-refractivity contribution in [1.29, 1.82) is 0 Å². The van der Waals surface area contributed by atoms with Gasteiger partial charge in [0.2, 0.25) is 5.91 Å². The fourth-order valence-electron chi connectivity index (χ4n) is 2.98. The number of benzene rings is 1. The smallest absolute Gasteiger partial charge is 0.221 e. The fraction of sp³-hybridized carbons (Fsp3) is 0.312. The zero-order chi connectivity index (χ0) is 14.1. The molecule has 0 saturated heterocycles. The number of carbonyl (C=O) groups excluding carboxylic acids is 1. The SMILES string of the molecule is NC(=O)Cc1c2n(c3ccccc13)CC(CO)CC=C2. The first-order valence-electron chi connectivity index (χ1n) is 6.86. The summed E-state index contributed by atoms with van der Waals surface area (Å²) in [5, 5.41) is 10.5. The van der Waals surface area contributed by atoms with Crippen molar-refractivity contribution in [3.8, 4) is 0 Å². The van der Waals surface area contributed by atoms with Gasteiger partial charge in [-0.3, -0.25) is 4.79 Å². The van der Waals surface area contributed by atoms with Gasteiger partial charge in [-0.2, -0.15) is 0 Å². The molecule has 3 N–H and O–H groups in total. The molecule has 0 bridgehead atoms. The topological polar surface area (TPSA) is 68.2 Å². The summed E-state index contributed by atoms with van der Waals surface area (Å²) >= 11 is 0. The molecule has 2 aromatic rings. The Balaban J connectivity index is 2.23. The Morgan fingerprint density at radius 2 is 2.20 bits per heavy atom. The van der Waals surface area contributed by atoms with Gasteiger partial charge in [-0.15, -0.1) is 0 Å². The van der Waals surface area contributed by atoms with Crippen molar-refractivity contribution in [3.05, 3.63) is 41.6 Å². The lowest BCUT2D eigenvalue weighted by Gasteiger charge is -2.13. The lowest BCUT2D eigenvalue weighted by molar-refractivity contribution is -0.117. The highest BCUT2D eigenvalue weighted by Gasteiger charge is 2.20. The van der Waals surface area contributed by atoms with Gasteiger partial charge in [0.1, 0.15) is 0 Å². The maximum Gasteiger partial charge on any atom is 0.221 e. The number of fused-ring (bicyclic) bond motifs is 3. The summed E-state index contributed by atoms with van der Waals surface area (Å²) in [6, 6.07) is 8.04. The molecule has 1 aromatic carbocycles. The minimum atomic E-state index is -0.319. The second-order valence-electron chi connectivity index (χ2n) is 5.32. The second-order valence-corrected chi connectivity index (χ2v) is 5.32. The summed E-state index contributed by atoms with van der Waals surface area (Å²) in [7, 11) is 0. The number of rotatable bonds is 3. The van der Waals surface area contributed by atoms with Crippen LogP contribution >= 0.6 is 0 Å². The number of nitrogens with two attached hydrogens (primary N) is 1. The molecule has 0 saturated carbocycles. The van der Waals surface area contributed by atoms with Crippen molar-refractivity contribution in [2.24, 2.45) is 11.7 Å². The van der Waals surface area contributed by atoms with Crippen molar-refractivity contribution in [1.82, 2.24) is 4.57 Å². The quantitative estimate of drug-likeness (QED) is 0.891. The van der Waals surface area contributed by atoms with Crippen LogP contribution in [0.5, 0.6) is 0 Å². The van der Waals surface area contributed by atoms with E-state index in [-0.39, 0.29) is 24.9 Å². The number of hydrogen-bond acceptors (Lipinski definition) is 2. The Morgan fingerprint density at radius 3 is 2.95 bits per heavy atom. The van der Waals surface area contributed by atoms with Gasteiger partial charge in [0.05, 0.1) is 6.42 Å². The van der Waals surface area contributed by atoms with Crippen LogP contribution in [0.25, 0.3) is 17.0 Å². The summed E-state index contributed by atoms with van der Waals surface area (Å²) in [6.45, 7) is 0.930. The van der Waals surface area contributed by atoms with E-state index < -0.39 is 0 Å². The summed E-state index contributed by atoms with van der Waals surface area (Å²) in [4.78, 5) is 11.4. The summed E-state index contributed by atoms with van der Waals surface area (Å²) in [5.41, 5.74) is 8.52. The molecule has 3 rings (SSSR count). The molecule has 0 aliphatic carbocycles. The van der Waals surface area contributed by atoms with Gasteiger partial charge >= 0.3 is 0 Å². The number of aliphatic hydroxyl groups excluding tert-OH is 1. The first kappa shape index (κ1) is 12.9. The van der Waals surface area contributed by atoms with Crippen LogP contribution in [0.4, 0.5) is 0 Å². The lowest BCUT2D eigenvalue weighted by atomic mass is 10.1. The molecule has 1 amide bonds. The number of aromatic nitrogens is 1. The van der Waals surface area contributed by atoms with Gasteiger partial charge in [0, 0.05) is 35.7 Å². The number of para-hydroxylation sites is 1. The number of aliphatic hydroxyl groups is 1. The van der Waals surface area contributed by atoms with Crippen LogP contribution in [0.2, 0.25) is 0 Å². The first-order valence-corrected chi connectivity index (χ1v) is 6.86. The zero-order valence-corrected chi connectivity index (χ0v) is 11.2. The van der Waals surface area contributed by atoms with Crippen LogP contribution in [0.3, 0.4) is 0 Å². The number of allylic oxidation sites excluding steroid dienone is 1. The monoisotopic (exact) mass is 270 g/mol. The highest BCUT2D eigenvalue weighted by molar-refractivity contribution is 5.92. The Kier molecular flexibility index (Phi) is 3.32. The standard InChI is InChI=1S/C16H18N2O2/c17-16(20)8-13-12-5-1-2-6-14(12)18-9-11(10-19)4-3-7-15(13)18/h1-3,5-7,11,19H,4,8-10H2,(H2,17,20). The lowest BCUT2D eigenvalue weighted by Crippen LogP contribution is -2.15. The van der Waals surface area contributed by atoms with E-state index in [0.717, 1.165) is 35.1 Å². The summed E-state index contributed by atoms with van der Waals surface area (Å²) < 4.78 is 2.19. The number of hydrogen-bond donors (Lipinski definition) is 2. The highest BCUT2D eigenvalue weighted by atomic mass is 16.3. The average molecular weight is 270 g/mol. The normalized spacial score (nSPS) is 17.9. The number of amides is 1. The molecular weight excluding hydrogens is 252 g/mol. The minimum absolute atomic E-state index is 0.168. The van der Waals surface area contributed by atoms with Gasteiger partial charge in [-0.25, -0.2) is 0 Å². The third-order valence-corrected chi connectivity index (χ3v) is 3.92. The van der Waals surface area contributed by atoms with E-state index in [1.165, 1.54) is 0 Å². The maximum atomic E-state index is 11.4. The van der Waals surface area contributed by atoms with Crippen LogP contribution in [-0.2, 0) is 17.8 Å². The largest absolute Gasteiger partial charge is 0.396 e. The van der Waals surface area contributed by atoms with Crippen molar-refractivity contribution < 1.29 is 9.90 Å². The van der Waals surface area contributed by atoms with E-state index in [0.29, 0.717) is 0 Å². The third-order valence-electron chi connectivity index (χ3n) is 3.92. The van der Waals surface area contributed by atoms with Crippen molar-refractivity contribution in [2.75, 3.05) is 6.61 Å². The van der Waals surface area contributed by atoms with Crippen LogP contribution in [-0.4, -0.2) is 22.2 Å².